The van der Waals surface area contributed by atoms with Crippen LogP contribution >= 0.6 is 0 Å². The third-order valence-electron chi connectivity index (χ3n) is 1.13. The Morgan fingerprint density at radius 1 is 1.22 bits per heavy atom. The van der Waals surface area contributed by atoms with E-state index in [9.17, 15) is 4.79 Å². The van der Waals surface area contributed by atoms with E-state index in [1.807, 2.05) is 6.29 Å². The second kappa shape index (κ2) is 11.2. The second-order valence-corrected chi connectivity index (χ2v) is 1.95. The smallest absolute Gasteiger partial charge is 0 e. The van der Waals surface area contributed by atoms with E-state index in [2.05, 4.69) is 6.92 Å². The van der Waals surface area contributed by atoms with E-state index in [0.29, 0.717) is 6.42 Å². The molecule has 0 saturated heterocycles. The third kappa shape index (κ3) is 11.8. The van der Waals surface area contributed by atoms with E-state index >= 15 is 0 Å². The molecule has 0 saturated carbocycles. The van der Waals surface area contributed by atoms with Crippen molar-refractivity contribution in [2.45, 2.75) is 39.0 Å². The molecule has 0 N–H and O–H groups in total. The van der Waals surface area contributed by atoms with Crippen molar-refractivity contribution in [2.24, 2.45) is 0 Å². The molecule has 0 aliphatic carbocycles. The van der Waals surface area contributed by atoms with Gasteiger partial charge in [0, 0.05) is 21.1 Å². The van der Waals surface area contributed by atoms with Crippen molar-refractivity contribution in [3.8, 4) is 0 Å². The van der Waals surface area contributed by atoms with Crippen LogP contribution in [-0.2, 0) is 25.9 Å². The Labute approximate surface area is 71.5 Å². The molecule has 0 aliphatic rings. The Hall–Kier alpha value is 0.358. The first-order valence-corrected chi connectivity index (χ1v) is 3.26. The summed E-state index contributed by atoms with van der Waals surface area (Å²) in [5.74, 6) is 0. The summed E-state index contributed by atoms with van der Waals surface area (Å²) in [5.41, 5.74) is 0. The Kier molecular flexibility index (Phi) is 15.0. The number of hydrogen-bond donors (Lipinski definition) is 0. The van der Waals surface area contributed by atoms with Crippen LogP contribution in [0.4, 0.5) is 0 Å². The largest absolute Gasteiger partial charge is 0.542 e. The van der Waals surface area contributed by atoms with Crippen molar-refractivity contribution in [2.75, 3.05) is 0 Å². The van der Waals surface area contributed by atoms with Gasteiger partial charge in [0.1, 0.15) is 0 Å². The number of carbonyl (C=O) groups excluding carboxylic acids is 1. The van der Waals surface area contributed by atoms with E-state index in [1.54, 1.807) is 0 Å². The zero-order chi connectivity index (χ0) is 6.24. The molecule has 0 aromatic heterocycles. The molecular formula is C7H13MoO-. The van der Waals surface area contributed by atoms with Crippen LogP contribution in [0.3, 0.4) is 0 Å². The molecule has 0 spiro atoms. The van der Waals surface area contributed by atoms with E-state index in [0.717, 1.165) is 6.42 Å². The normalized spacial score (nSPS) is 8.11. The van der Waals surface area contributed by atoms with E-state index in [1.165, 1.54) is 19.3 Å². The molecular weight excluding hydrogens is 196 g/mol. The molecule has 54 valence electrons. The molecule has 0 radical (unpaired) electrons. The van der Waals surface area contributed by atoms with Gasteiger partial charge < -0.3 is 4.79 Å². The van der Waals surface area contributed by atoms with Crippen molar-refractivity contribution in [3.05, 3.63) is 0 Å². The molecule has 0 aliphatic heterocycles. The summed E-state index contributed by atoms with van der Waals surface area (Å²) < 4.78 is 0. The number of rotatable bonds is 5. The minimum atomic E-state index is 0. The van der Waals surface area contributed by atoms with Crippen molar-refractivity contribution in [1.29, 1.82) is 0 Å². The zero-order valence-electron chi connectivity index (χ0n) is 5.85. The fourth-order valence-corrected chi connectivity index (χ4v) is 0.624. The maximum atomic E-state index is 9.64. The van der Waals surface area contributed by atoms with E-state index in [4.69, 9.17) is 0 Å². The molecule has 0 rings (SSSR count). The van der Waals surface area contributed by atoms with Gasteiger partial charge in [-0.3, -0.25) is 6.29 Å². The van der Waals surface area contributed by atoms with E-state index < -0.39 is 0 Å². The summed E-state index contributed by atoms with van der Waals surface area (Å²) in [5, 5.41) is 0. The predicted octanol–water partition coefficient (Wildman–Crippen LogP) is 2.06. The first-order chi connectivity index (χ1) is 3.91. The van der Waals surface area contributed by atoms with Crippen molar-refractivity contribution in [1.82, 2.24) is 0 Å². The van der Waals surface area contributed by atoms with Crippen LogP contribution in [0.2, 0.25) is 0 Å². The summed E-state index contributed by atoms with van der Waals surface area (Å²) in [6.45, 7) is 2.16. The first-order valence-electron chi connectivity index (χ1n) is 3.26. The Balaban J connectivity index is 0. The Morgan fingerprint density at radius 3 is 2.33 bits per heavy atom. The Bertz CT molecular complexity index is 54.9. The topological polar surface area (TPSA) is 17.1 Å². The van der Waals surface area contributed by atoms with Crippen molar-refractivity contribution in [3.63, 3.8) is 0 Å². The molecule has 0 aromatic carbocycles. The fourth-order valence-electron chi connectivity index (χ4n) is 0.624. The summed E-state index contributed by atoms with van der Waals surface area (Å²) in [6, 6.07) is 0. The van der Waals surface area contributed by atoms with Crippen LogP contribution in [-0.4, -0.2) is 6.29 Å². The van der Waals surface area contributed by atoms with Gasteiger partial charge in [-0.1, -0.05) is 32.6 Å². The molecule has 0 fully saturated rings. The summed E-state index contributed by atoms with van der Waals surface area (Å²) >= 11 is 0. The molecule has 0 amide bonds. The molecule has 0 heterocycles. The van der Waals surface area contributed by atoms with Gasteiger partial charge >= 0.3 is 0 Å². The van der Waals surface area contributed by atoms with Crippen LogP contribution in [0.5, 0.6) is 0 Å². The van der Waals surface area contributed by atoms with E-state index in [-0.39, 0.29) is 21.1 Å². The average Bonchev–Trinajstić information content (AvgIpc) is 1.81. The summed E-state index contributed by atoms with van der Waals surface area (Å²) in [6.07, 6.45) is 7.20. The average molecular weight is 209 g/mol. The number of hydrogen-bond acceptors (Lipinski definition) is 1. The van der Waals surface area contributed by atoms with Crippen LogP contribution in [0.25, 0.3) is 0 Å². The molecule has 2 heteroatoms. The molecule has 0 aromatic rings. The van der Waals surface area contributed by atoms with Gasteiger partial charge in [-0.15, -0.1) is 0 Å². The van der Waals surface area contributed by atoms with Gasteiger partial charge in [0.15, 0.2) is 0 Å². The van der Waals surface area contributed by atoms with Crippen LogP contribution in [0.15, 0.2) is 0 Å². The Morgan fingerprint density at radius 2 is 1.89 bits per heavy atom. The summed E-state index contributed by atoms with van der Waals surface area (Å²) in [7, 11) is 0. The minimum absolute atomic E-state index is 0. The van der Waals surface area contributed by atoms with Crippen LogP contribution < -0.4 is 0 Å². The van der Waals surface area contributed by atoms with Crippen LogP contribution in [0, 0.1) is 0 Å². The van der Waals surface area contributed by atoms with Gasteiger partial charge in [-0.05, 0) is 0 Å². The number of unbranched alkanes of at least 4 members (excludes halogenated alkanes) is 4. The van der Waals surface area contributed by atoms with Crippen LogP contribution in [0.1, 0.15) is 39.0 Å². The molecule has 0 atom stereocenters. The third-order valence-corrected chi connectivity index (χ3v) is 1.13. The molecule has 1 nitrogen and oxygen atoms in total. The van der Waals surface area contributed by atoms with Gasteiger partial charge in [0.05, 0.1) is 0 Å². The first kappa shape index (κ1) is 12.1. The maximum Gasteiger partial charge on any atom is 0 e. The molecule has 0 unspecified atom stereocenters. The predicted molar refractivity (Wildman–Crippen MR) is 34.5 cm³/mol. The molecule has 0 bridgehead atoms. The van der Waals surface area contributed by atoms with Gasteiger partial charge in [-0.25, -0.2) is 0 Å². The summed E-state index contributed by atoms with van der Waals surface area (Å²) in [4.78, 5) is 9.64. The SMILES string of the molecule is CCCCCC[C-]=O.[Mo]. The van der Waals surface area contributed by atoms with Gasteiger partial charge in [0.25, 0.3) is 0 Å². The molecule has 9 heavy (non-hydrogen) atoms. The van der Waals surface area contributed by atoms with Gasteiger partial charge in [-0.2, -0.15) is 6.42 Å². The second-order valence-electron chi connectivity index (χ2n) is 1.95. The zero-order valence-corrected chi connectivity index (χ0v) is 7.86. The maximum absolute atomic E-state index is 9.64. The fraction of sp³-hybridized carbons (Fsp3) is 0.857. The van der Waals surface area contributed by atoms with Crippen molar-refractivity contribution >= 4 is 6.29 Å². The standard InChI is InChI=1S/C7H13O.Mo/c1-2-3-4-5-6-7-8;/h2-6H2,1H3;/q-1;. The quantitative estimate of drug-likeness (QED) is 0.385. The minimum Gasteiger partial charge on any atom is -0.542 e. The monoisotopic (exact) mass is 211 g/mol. The van der Waals surface area contributed by atoms with Crippen molar-refractivity contribution < 1.29 is 25.9 Å². The van der Waals surface area contributed by atoms with Gasteiger partial charge in [0.2, 0.25) is 0 Å².